The highest BCUT2D eigenvalue weighted by Crippen LogP contribution is 2.30. The lowest BCUT2D eigenvalue weighted by Crippen LogP contribution is -2.14. The van der Waals surface area contributed by atoms with Crippen LogP contribution in [0.4, 0.5) is 0 Å². The third kappa shape index (κ3) is 4.07. The molecule has 0 aromatic carbocycles. The molecule has 3 N–H and O–H groups in total. The van der Waals surface area contributed by atoms with Gasteiger partial charge in [-0.05, 0) is 12.5 Å². The van der Waals surface area contributed by atoms with Gasteiger partial charge in [-0.1, -0.05) is 13.3 Å². The molecule has 1 heterocycles. The number of primary amides is 1. The van der Waals surface area contributed by atoms with Crippen LogP contribution in [0.1, 0.15) is 34.3 Å². The van der Waals surface area contributed by atoms with Crippen molar-refractivity contribution in [1.82, 2.24) is 0 Å². The second-order valence-corrected chi connectivity index (χ2v) is 4.66. The second-order valence-electron chi connectivity index (χ2n) is 3.53. The molecule has 0 saturated carbocycles. The van der Waals surface area contributed by atoms with Crippen LogP contribution >= 0.6 is 11.3 Å². The van der Waals surface area contributed by atoms with Gasteiger partial charge in [0, 0.05) is 4.88 Å². The van der Waals surface area contributed by atoms with Crippen molar-refractivity contribution in [2.24, 2.45) is 5.73 Å². The first-order valence-electron chi connectivity index (χ1n) is 5.31. The number of hydrogen-bond acceptors (Lipinski definition) is 4. The van der Waals surface area contributed by atoms with Crippen molar-refractivity contribution in [3.05, 3.63) is 15.8 Å². The lowest BCUT2D eigenvalue weighted by molar-refractivity contribution is -0.118. The quantitative estimate of drug-likeness (QED) is 0.777. The Morgan fingerprint density at radius 2 is 2.24 bits per heavy atom. The summed E-state index contributed by atoms with van der Waals surface area (Å²) in [5.41, 5.74) is 4.97. The first-order chi connectivity index (χ1) is 8.04. The highest BCUT2D eigenvalue weighted by molar-refractivity contribution is 7.14. The molecular formula is C11H15NO4S. The summed E-state index contributed by atoms with van der Waals surface area (Å²) in [5, 5.41) is 8.99. The summed E-state index contributed by atoms with van der Waals surface area (Å²) < 4.78 is 5.27. The molecule has 0 radical (unpaired) electrons. The van der Waals surface area contributed by atoms with Gasteiger partial charge < -0.3 is 15.6 Å². The maximum absolute atomic E-state index is 11.0. The Balaban J connectivity index is 2.73. The van der Waals surface area contributed by atoms with Gasteiger partial charge in [-0.15, -0.1) is 11.3 Å². The van der Waals surface area contributed by atoms with E-state index in [0.29, 0.717) is 5.75 Å². The van der Waals surface area contributed by atoms with E-state index in [-0.39, 0.29) is 17.9 Å². The maximum atomic E-state index is 11.0. The summed E-state index contributed by atoms with van der Waals surface area (Å²) in [7, 11) is 0. The van der Waals surface area contributed by atoms with E-state index in [0.717, 1.165) is 17.7 Å². The Bertz CT molecular complexity index is 414. The fourth-order valence-corrected chi connectivity index (χ4v) is 2.35. The van der Waals surface area contributed by atoms with E-state index in [1.807, 2.05) is 6.92 Å². The van der Waals surface area contributed by atoms with Crippen LogP contribution in [0, 0.1) is 0 Å². The Kier molecular flexibility index (Phi) is 4.96. The number of nitrogens with two attached hydrogens (primary N) is 1. The zero-order chi connectivity index (χ0) is 12.8. The number of thiophene rings is 1. The average Bonchev–Trinajstić information content (AvgIpc) is 2.61. The number of carbonyl (C=O) groups excluding carboxylic acids is 1. The van der Waals surface area contributed by atoms with Gasteiger partial charge in [-0.3, -0.25) is 4.79 Å². The minimum atomic E-state index is -1.01. The van der Waals surface area contributed by atoms with Crippen LogP contribution in [0.15, 0.2) is 6.07 Å². The Labute approximate surface area is 103 Å². The Hall–Kier alpha value is -1.56. The standard InChI is InChI=1S/C11H15NO4S/c1-2-3-7-6-8(10(17-7)11(14)15)16-5-4-9(12)13/h6H,2-5H2,1H3,(H2,12,13)(H,14,15). The molecule has 1 aromatic heterocycles. The lowest BCUT2D eigenvalue weighted by Gasteiger charge is -2.02. The molecule has 0 fully saturated rings. The molecule has 6 heteroatoms. The molecule has 17 heavy (non-hydrogen) atoms. The first-order valence-corrected chi connectivity index (χ1v) is 6.13. The van der Waals surface area contributed by atoms with Crippen molar-refractivity contribution in [3.8, 4) is 5.75 Å². The Morgan fingerprint density at radius 3 is 2.76 bits per heavy atom. The van der Waals surface area contributed by atoms with E-state index in [2.05, 4.69) is 0 Å². The minimum Gasteiger partial charge on any atom is -0.491 e. The van der Waals surface area contributed by atoms with Crippen molar-refractivity contribution in [1.29, 1.82) is 0 Å². The van der Waals surface area contributed by atoms with Gasteiger partial charge in [-0.25, -0.2) is 4.79 Å². The zero-order valence-corrected chi connectivity index (χ0v) is 10.4. The van der Waals surface area contributed by atoms with Crippen molar-refractivity contribution in [3.63, 3.8) is 0 Å². The molecule has 0 bridgehead atoms. The van der Waals surface area contributed by atoms with Gasteiger partial charge in [0.25, 0.3) is 0 Å². The van der Waals surface area contributed by atoms with Crippen molar-refractivity contribution in [2.75, 3.05) is 6.61 Å². The number of carboxylic acid groups (broad SMARTS) is 1. The van der Waals surface area contributed by atoms with E-state index in [1.54, 1.807) is 6.07 Å². The molecule has 1 amide bonds. The van der Waals surface area contributed by atoms with Crippen LogP contribution < -0.4 is 10.5 Å². The predicted octanol–water partition coefficient (Wildman–Crippen LogP) is 1.65. The molecule has 0 aliphatic carbocycles. The van der Waals surface area contributed by atoms with Crippen LogP contribution in [-0.4, -0.2) is 23.6 Å². The maximum Gasteiger partial charge on any atom is 0.349 e. The van der Waals surface area contributed by atoms with E-state index >= 15 is 0 Å². The molecule has 0 aliphatic rings. The van der Waals surface area contributed by atoms with E-state index < -0.39 is 11.9 Å². The van der Waals surface area contributed by atoms with Crippen molar-refractivity contribution >= 4 is 23.2 Å². The van der Waals surface area contributed by atoms with E-state index in [4.69, 9.17) is 15.6 Å². The summed E-state index contributed by atoms with van der Waals surface area (Å²) in [6.07, 6.45) is 1.85. The van der Waals surface area contributed by atoms with Gasteiger partial charge in [-0.2, -0.15) is 0 Å². The summed E-state index contributed by atoms with van der Waals surface area (Å²) in [4.78, 5) is 22.7. The highest BCUT2D eigenvalue weighted by Gasteiger charge is 2.16. The zero-order valence-electron chi connectivity index (χ0n) is 9.56. The summed E-state index contributed by atoms with van der Waals surface area (Å²) in [5.74, 6) is -1.15. The molecule has 94 valence electrons. The molecule has 1 rings (SSSR count). The van der Waals surface area contributed by atoms with Crippen molar-refractivity contribution in [2.45, 2.75) is 26.2 Å². The molecule has 0 spiro atoms. The smallest absolute Gasteiger partial charge is 0.349 e. The molecule has 1 aromatic rings. The molecular weight excluding hydrogens is 242 g/mol. The highest BCUT2D eigenvalue weighted by atomic mass is 32.1. The lowest BCUT2D eigenvalue weighted by atomic mass is 10.3. The topological polar surface area (TPSA) is 89.6 Å². The van der Waals surface area contributed by atoms with Crippen LogP contribution in [-0.2, 0) is 11.2 Å². The van der Waals surface area contributed by atoms with E-state index in [9.17, 15) is 9.59 Å². The normalized spacial score (nSPS) is 10.2. The third-order valence-electron chi connectivity index (χ3n) is 2.05. The molecule has 0 unspecified atom stereocenters. The average molecular weight is 257 g/mol. The van der Waals surface area contributed by atoms with Crippen molar-refractivity contribution < 1.29 is 19.4 Å². The number of carboxylic acids is 1. The van der Waals surface area contributed by atoms with E-state index in [1.165, 1.54) is 11.3 Å². The molecule has 0 atom stereocenters. The van der Waals surface area contributed by atoms with Gasteiger partial charge in [0.15, 0.2) is 4.88 Å². The van der Waals surface area contributed by atoms with Gasteiger partial charge in [0.05, 0.1) is 13.0 Å². The largest absolute Gasteiger partial charge is 0.491 e. The summed E-state index contributed by atoms with van der Waals surface area (Å²) >= 11 is 1.21. The molecule has 5 nitrogen and oxygen atoms in total. The number of aryl methyl sites for hydroxylation is 1. The fraction of sp³-hybridized carbons (Fsp3) is 0.455. The SMILES string of the molecule is CCCc1cc(OCCC(N)=O)c(C(=O)O)s1. The third-order valence-corrected chi connectivity index (χ3v) is 3.21. The summed E-state index contributed by atoms with van der Waals surface area (Å²) in [6, 6.07) is 1.72. The van der Waals surface area contributed by atoms with Gasteiger partial charge >= 0.3 is 5.97 Å². The predicted molar refractivity (Wildman–Crippen MR) is 64.6 cm³/mol. The second kappa shape index (κ2) is 6.24. The molecule has 0 saturated heterocycles. The fourth-order valence-electron chi connectivity index (χ4n) is 1.31. The van der Waals surface area contributed by atoms with Crippen LogP contribution in [0.3, 0.4) is 0 Å². The first kappa shape index (κ1) is 13.5. The monoisotopic (exact) mass is 257 g/mol. The Morgan fingerprint density at radius 1 is 1.53 bits per heavy atom. The number of aromatic carboxylic acids is 1. The van der Waals surface area contributed by atoms with Gasteiger partial charge in [0.1, 0.15) is 5.75 Å². The number of hydrogen-bond donors (Lipinski definition) is 2. The van der Waals surface area contributed by atoms with Crippen LogP contribution in [0.5, 0.6) is 5.75 Å². The van der Waals surface area contributed by atoms with Gasteiger partial charge in [0.2, 0.25) is 5.91 Å². The van der Waals surface area contributed by atoms with Crippen LogP contribution in [0.2, 0.25) is 0 Å². The molecule has 0 aliphatic heterocycles. The minimum absolute atomic E-state index is 0.0814. The van der Waals surface area contributed by atoms with Crippen LogP contribution in [0.25, 0.3) is 0 Å². The number of ether oxygens (including phenoxy) is 1. The number of carbonyl (C=O) groups is 2. The number of amides is 1. The number of rotatable bonds is 7. The summed E-state index contributed by atoms with van der Waals surface area (Å²) in [6.45, 7) is 2.13.